The molecule has 54 valence electrons. The number of rotatable bonds is 0. The summed E-state index contributed by atoms with van der Waals surface area (Å²) < 4.78 is 5.08. The molecule has 0 aromatic rings. The van der Waals surface area contributed by atoms with Crippen LogP contribution >= 0.6 is 0 Å². The lowest BCUT2D eigenvalue weighted by molar-refractivity contribution is -0.141. The third kappa shape index (κ3) is 0.838. The second-order valence-electron chi connectivity index (χ2n) is 2.90. The normalized spacial score (nSPS) is 37.4. The van der Waals surface area contributed by atoms with Gasteiger partial charge < -0.3 is 4.74 Å². The molecule has 2 heteroatoms. The lowest BCUT2D eigenvalue weighted by atomic mass is 9.92. The number of ether oxygens (including phenoxy) is 1. The summed E-state index contributed by atoms with van der Waals surface area (Å²) in [6.07, 6.45) is 7.14. The van der Waals surface area contributed by atoms with E-state index in [0.717, 1.165) is 12.8 Å². The Hall–Kier alpha value is -0.790. The fraction of sp³-hybridized carbons (Fsp3) is 0.625. The van der Waals surface area contributed by atoms with E-state index in [2.05, 4.69) is 12.2 Å². The Morgan fingerprint density at radius 1 is 1.60 bits per heavy atom. The minimum Gasteiger partial charge on any atom is -0.462 e. The molecule has 1 heterocycles. The van der Waals surface area contributed by atoms with Crippen LogP contribution in [0.15, 0.2) is 12.2 Å². The summed E-state index contributed by atoms with van der Waals surface area (Å²) in [5.41, 5.74) is 0. The zero-order valence-electron chi connectivity index (χ0n) is 5.75. The molecule has 1 aliphatic heterocycles. The predicted molar refractivity (Wildman–Crippen MR) is 36.4 cm³/mol. The third-order valence-electron chi connectivity index (χ3n) is 2.16. The summed E-state index contributed by atoms with van der Waals surface area (Å²) in [5.74, 6) is 0.364. The molecule has 0 aromatic heterocycles. The van der Waals surface area contributed by atoms with E-state index in [1.807, 2.05) is 0 Å². The third-order valence-corrected chi connectivity index (χ3v) is 2.16. The van der Waals surface area contributed by atoms with Crippen LogP contribution in [-0.4, -0.2) is 12.1 Å². The first-order valence-electron chi connectivity index (χ1n) is 3.72. The van der Waals surface area contributed by atoms with E-state index in [4.69, 9.17) is 4.74 Å². The van der Waals surface area contributed by atoms with E-state index < -0.39 is 0 Å². The molecule has 1 saturated heterocycles. The first-order chi connectivity index (χ1) is 4.86. The Balaban J connectivity index is 2.15. The van der Waals surface area contributed by atoms with Gasteiger partial charge in [0.15, 0.2) is 0 Å². The largest absolute Gasteiger partial charge is 0.462 e. The highest BCUT2D eigenvalue weighted by atomic mass is 16.5. The van der Waals surface area contributed by atoms with Gasteiger partial charge in [0.25, 0.3) is 0 Å². The van der Waals surface area contributed by atoms with Gasteiger partial charge in [-0.05, 0) is 12.8 Å². The first kappa shape index (κ1) is 5.96. The van der Waals surface area contributed by atoms with Gasteiger partial charge in [-0.2, -0.15) is 0 Å². The molecule has 2 aliphatic rings. The van der Waals surface area contributed by atoms with E-state index in [1.165, 1.54) is 0 Å². The molecule has 2 atom stereocenters. The SMILES string of the molecule is O=C1C[C@H]2C=CCC[C@H]2O1. The van der Waals surface area contributed by atoms with Gasteiger partial charge in [0, 0.05) is 5.92 Å². The molecular weight excluding hydrogens is 128 g/mol. The summed E-state index contributed by atoms with van der Waals surface area (Å²) in [6, 6.07) is 0. The van der Waals surface area contributed by atoms with Crippen LogP contribution in [0.4, 0.5) is 0 Å². The topological polar surface area (TPSA) is 26.3 Å². The van der Waals surface area contributed by atoms with Gasteiger partial charge >= 0.3 is 5.97 Å². The maximum atomic E-state index is 10.8. The highest BCUT2D eigenvalue weighted by Gasteiger charge is 2.33. The number of carbonyl (C=O) groups is 1. The van der Waals surface area contributed by atoms with Gasteiger partial charge in [-0.1, -0.05) is 12.2 Å². The Labute approximate surface area is 59.9 Å². The van der Waals surface area contributed by atoms with Crippen LogP contribution < -0.4 is 0 Å². The Bertz CT molecular complexity index is 184. The van der Waals surface area contributed by atoms with Crippen molar-refractivity contribution in [1.29, 1.82) is 0 Å². The van der Waals surface area contributed by atoms with Crippen molar-refractivity contribution in [3.05, 3.63) is 12.2 Å². The molecule has 0 radical (unpaired) electrons. The van der Waals surface area contributed by atoms with Crippen molar-refractivity contribution in [3.8, 4) is 0 Å². The molecule has 10 heavy (non-hydrogen) atoms. The molecular formula is C8H10O2. The monoisotopic (exact) mass is 138 g/mol. The van der Waals surface area contributed by atoms with Crippen LogP contribution in [0.1, 0.15) is 19.3 Å². The average molecular weight is 138 g/mol. The number of allylic oxidation sites excluding steroid dienone is 1. The maximum Gasteiger partial charge on any atom is 0.306 e. The lowest BCUT2D eigenvalue weighted by Gasteiger charge is -2.16. The Morgan fingerprint density at radius 2 is 2.50 bits per heavy atom. The highest BCUT2D eigenvalue weighted by molar-refractivity contribution is 5.72. The minimum absolute atomic E-state index is 0.0263. The van der Waals surface area contributed by atoms with Crippen molar-refractivity contribution >= 4 is 5.97 Å². The van der Waals surface area contributed by atoms with Crippen LogP contribution in [0.5, 0.6) is 0 Å². The molecule has 0 aromatic carbocycles. The molecule has 1 aliphatic carbocycles. The van der Waals surface area contributed by atoms with Gasteiger partial charge in [-0.25, -0.2) is 0 Å². The van der Waals surface area contributed by atoms with E-state index >= 15 is 0 Å². The number of esters is 1. The number of hydrogen-bond acceptors (Lipinski definition) is 2. The van der Waals surface area contributed by atoms with Crippen LogP contribution in [0.2, 0.25) is 0 Å². The van der Waals surface area contributed by atoms with Crippen molar-refractivity contribution in [2.24, 2.45) is 5.92 Å². The maximum absolute atomic E-state index is 10.8. The van der Waals surface area contributed by atoms with Crippen LogP contribution in [0, 0.1) is 5.92 Å². The fourth-order valence-electron chi connectivity index (χ4n) is 1.62. The Kier molecular flexibility index (Phi) is 1.26. The molecule has 0 N–H and O–H groups in total. The number of fused-ring (bicyclic) bond motifs is 1. The molecule has 0 unspecified atom stereocenters. The van der Waals surface area contributed by atoms with Crippen molar-refractivity contribution in [2.75, 3.05) is 0 Å². The number of carbonyl (C=O) groups excluding carboxylic acids is 1. The molecule has 2 nitrogen and oxygen atoms in total. The van der Waals surface area contributed by atoms with Gasteiger partial charge in [0.2, 0.25) is 0 Å². The van der Waals surface area contributed by atoms with Crippen LogP contribution in [0.3, 0.4) is 0 Å². The van der Waals surface area contributed by atoms with E-state index in [9.17, 15) is 4.79 Å². The quantitative estimate of drug-likeness (QED) is 0.372. The van der Waals surface area contributed by atoms with Crippen molar-refractivity contribution in [1.82, 2.24) is 0 Å². The fourth-order valence-corrected chi connectivity index (χ4v) is 1.62. The van der Waals surface area contributed by atoms with Gasteiger partial charge in [0.1, 0.15) is 6.10 Å². The summed E-state index contributed by atoms with van der Waals surface area (Å²) in [6.45, 7) is 0. The standard InChI is InChI=1S/C8H10O2/c9-8-5-6-3-1-2-4-7(6)10-8/h1,3,6-7H,2,4-5H2/t6-,7-/m1/s1. The smallest absolute Gasteiger partial charge is 0.306 e. The van der Waals surface area contributed by atoms with E-state index in [0.29, 0.717) is 12.3 Å². The van der Waals surface area contributed by atoms with E-state index in [-0.39, 0.29) is 12.1 Å². The number of hydrogen-bond donors (Lipinski definition) is 0. The molecule has 0 bridgehead atoms. The average Bonchev–Trinajstić information content (AvgIpc) is 2.27. The lowest BCUT2D eigenvalue weighted by Crippen LogP contribution is -2.16. The minimum atomic E-state index is -0.0263. The molecule has 2 rings (SSSR count). The van der Waals surface area contributed by atoms with Gasteiger partial charge in [-0.15, -0.1) is 0 Å². The second kappa shape index (κ2) is 2.11. The summed E-state index contributed by atoms with van der Waals surface area (Å²) in [5, 5.41) is 0. The second-order valence-corrected chi connectivity index (χ2v) is 2.90. The van der Waals surface area contributed by atoms with Crippen molar-refractivity contribution in [2.45, 2.75) is 25.4 Å². The summed E-state index contributed by atoms with van der Waals surface area (Å²) in [7, 11) is 0. The van der Waals surface area contributed by atoms with Gasteiger partial charge in [-0.3, -0.25) is 4.79 Å². The van der Waals surface area contributed by atoms with E-state index in [1.54, 1.807) is 0 Å². The molecule has 0 spiro atoms. The highest BCUT2D eigenvalue weighted by Crippen LogP contribution is 2.29. The summed E-state index contributed by atoms with van der Waals surface area (Å²) >= 11 is 0. The molecule has 0 saturated carbocycles. The van der Waals surface area contributed by atoms with Crippen LogP contribution in [0.25, 0.3) is 0 Å². The predicted octanol–water partition coefficient (Wildman–Crippen LogP) is 1.27. The van der Waals surface area contributed by atoms with Crippen molar-refractivity contribution < 1.29 is 9.53 Å². The summed E-state index contributed by atoms with van der Waals surface area (Å²) in [4.78, 5) is 10.8. The van der Waals surface area contributed by atoms with Crippen molar-refractivity contribution in [3.63, 3.8) is 0 Å². The molecule has 1 fully saturated rings. The zero-order chi connectivity index (χ0) is 6.97. The zero-order valence-corrected chi connectivity index (χ0v) is 5.75. The molecule has 0 amide bonds. The first-order valence-corrected chi connectivity index (χ1v) is 3.72. The Morgan fingerprint density at radius 3 is 3.30 bits per heavy atom. The van der Waals surface area contributed by atoms with Crippen LogP contribution in [-0.2, 0) is 9.53 Å². The van der Waals surface area contributed by atoms with Gasteiger partial charge in [0.05, 0.1) is 6.42 Å².